The van der Waals surface area contributed by atoms with Crippen LogP contribution in [-0.4, -0.2) is 19.2 Å². The predicted octanol–water partition coefficient (Wildman–Crippen LogP) is 4.42. The van der Waals surface area contributed by atoms with E-state index < -0.39 is 0 Å². The zero-order chi connectivity index (χ0) is 16.8. The Balaban J connectivity index is 1.41. The minimum atomic E-state index is -0.272. The zero-order valence-electron chi connectivity index (χ0n) is 13.5. The van der Waals surface area contributed by atoms with Crippen molar-refractivity contribution in [3.63, 3.8) is 0 Å². The SMILES string of the molecule is O=C(NCCOc1ccc2c(c1)CCCC2)Nc1cccc(Cl)c1. The number of hydrogen-bond donors (Lipinski definition) is 2. The Labute approximate surface area is 147 Å². The van der Waals surface area contributed by atoms with Crippen molar-refractivity contribution in [2.24, 2.45) is 0 Å². The van der Waals surface area contributed by atoms with Crippen molar-refractivity contribution < 1.29 is 9.53 Å². The first-order valence-corrected chi connectivity index (χ1v) is 8.63. The van der Waals surface area contributed by atoms with E-state index in [0.29, 0.717) is 23.9 Å². The Kier molecular flexibility index (Phi) is 5.59. The van der Waals surface area contributed by atoms with E-state index in [1.807, 2.05) is 6.07 Å². The van der Waals surface area contributed by atoms with Crippen LogP contribution in [0.15, 0.2) is 42.5 Å². The van der Waals surface area contributed by atoms with Gasteiger partial charge in [-0.3, -0.25) is 0 Å². The lowest BCUT2D eigenvalue weighted by atomic mass is 9.92. The normalized spacial score (nSPS) is 13.0. The molecule has 24 heavy (non-hydrogen) atoms. The molecule has 2 aromatic rings. The van der Waals surface area contributed by atoms with Gasteiger partial charge in [0, 0.05) is 10.7 Å². The summed E-state index contributed by atoms with van der Waals surface area (Å²) in [6, 6.07) is 13.1. The fourth-order valence-corrected chi connectivity index (χ4v) is 3.06. The number of nitrogens with one attached hydrogen (secondary N) is 2. The van der Waals surface area contributed by atoms with E-state index in [4.69, 9.17) is 16.3 Å². The molecule has 0 saturated heterocycles. The minimum absolute atomic E-state index is 0.272. The van der Waals surface area contributed by atoms with Crippen LogP contribution in [0.1, 0.15) is 24.0 Å². The average Bonchev–Trinajstić information content (AvgIpc) is 2.58. The Morgan fingerprint density at radius 2 is 1.92 bits per heavy atom. The average molecular weight is 345 g/mol. The molecular formula is C19H21ClN2O2. The molecule has 5 heteroatoms. The van der Waals surface area contributed by atoms with Gasteiger partial charge in [0.2, 0.25) is 0 Å². The molecule has 0 aromatic heterocycles. The summed E-state index contributed by atoms with van der Waals surface area (Å²) in [4.78, 5) is 11.8. The van der Waals surface area contributed by atoms with Crippen LogP contribution < -0.4 is 15.4 Å². The third-order valence-corrected chi connectivity index (χ3v) is 4.29. The number of amides is 2. The third kappa shape index (κ3) is 4.65. The molecule has 0 fully saturated rings. The first-order chi connectivity index (χ1) is 11.7. The van der Waals surface area contributed by atoms with Gasteiger partial charge in [-0.15, -0.1) is 0 Å². The molecule has 126 valence electrons. The van der Waals surface area contributed by atoms with Crippen molar-refractivity contribution in [1.82, 2.24) is 5.32 Å². The molecule has 4 nitrogen and oxygen atoms in total. The van der Waals surface area contributed by atoms with E-state index in [2.05, 4.69) is 22.8 Å². The number of carbonyl (C=O) groups is 1. The quantitative estimate of drug-likeness (QED) is 0.789. The standard InChI is InChI=1S/C19H21ClN2O2/c20-16-6-3-7-17(13-16)22-19(23)21-10-11-24-18-9-8-14-4-1-2-5-15(14)12-18/h3,6-9,12-13H,1-2,4-5,10-11H2,(H2,21,22,23). The lowest BCUT2D eigenvalue weighted by Crippen LogP contribution is -2.32. The van der Waals surface area contributed by atoms with Gasteiger partial charge in [0.25, 0.3) is 0 Å². The summed E-state index contributed by atoms with van der Waals surface area (Å²) in [5.74, 6) is 0.868. The summed E-state index contributed by atoms with van der Waals surface area (Å²) >= 11 is 5.88. The van der Waals surface area contributed by atoms with E-state index >= 15 is 0 Å². The van der Waals surface area contributed by atoms with Crippen molar-refractivity contribution in [3.8, 4) is 5.75 Å². The molecule has 0 atom stereocenters. The number of hydrogen-bond acceptors (Lipinski definition) is 2. The van der Waals surface area contributed by atoms with Crippen LogP contribution in [0.4, 0.5) is 10.5 Å². The summed E-state index contributed by atoms with van der Waals surface area (Å²) in [5.41, 5.74) is 3.49. The summed E-state index contributed by atoms with van der Waals surface area (Å²) in [5, 5.41) is 6.08. The molecular weight excluding hydrogens is 324 g/mol. The van der Waals surface area contributed by atoms with Gasteiger partial charge in [-0.05, 0) is 67.1 Å². The first kappa shape index (κ1) is 16.7. The highest BCUT2D eigenvalue weighted by Crippen LogP contribution is 2.25. The molecule has 0 radical (unpaired) electrons. The number of fused-ring (bicyclic) bond motifs is 1. The molecule has 3 rings (SSSR count). The molecule has 2 amide bonds. The maximum absolute atomic E-state index is 11.8. The Hall–Kier alpha value is -2.20. The molecule has 2 N–H and O–H groups in total. The lowest BCUT2D eigenvalue weighted by Gasteiger charge is -2.17. The van der Waals surface area contributed by atoms with Crippen LogP contribution >= 0.6 is 11.6 Å². The predicted molar refractivity (Wildman–Crippen MR) is 97.1 cm³/mol. The number of carbonyl (C=O) groups excluding carboxylic acids is 1. The van der Waals surface area contributed by atoms with Gasteiger partial charge in [-0.25, -0.2) is 4.79 Å². The second-order valence-electron chi connectivity index (χ2n) is 5.88. The van der Waals surface area contributed by atoms with Gasteiger partial charge in [-0.2, -0.15) is 0 Å². The van der Waals surface area contributed by atoms with Crippen LogP contribution in [0, 0.1) is 0 Å². The highest BCUT2D eigenvalue weighted by atomic mass is 35.5. The van der Waals surface area contributed by atoms with Crippen LogP contribution in [0.3, 0.4) is 0 Å². The van der Waals surface area contributed by atoms with E-state index in [0.717, 1.165) is 12.2 Å². The second kappa shape index (κ2) is 8.06. The van der Waals surface area contributed by atoms with Crippen molar-refractivity contribution in [3.05, 3.63) is 58.6 Å². The largest absolute Gasteiger partial charge is 0.492 e. The monoisotopic (exact) mass is 344 g/mol. The van der Waals surface area contributed by atoms with Crippen molar-refractivity contribution in [1.29, 1.82) is 0 Å². The van der Waals surface area contributed by atoms with Crippen LogP contribution in [0.5, 0.6) is 5.75 Å². The highest BCUT2D eigenvalue weighted by molar-refractivity contribution is 6.30. The molecule has 0 saturated carbocycles. The van der Waals surface area contributed by atoms with Crippen molar-refractivity contribution >= 4 is 23.3 Å². The zero-order valence-corrected chi connectivity index (χ0v) is 14.2. The number of anilines is 1. The number of urea groups is 1. The second-order valence-corrected chi connectivity index (χ2v) is 6.31. The number of ether oxygens (including phenoxy) is 1. The van der Waals surface area contributed by atoms with Gasteiger partial charge < -0.3 is 15.4 Å². The molecule has 1 aliphatic carbocycles. The van der Waals surface area contributed by atoms with Crippen molar-refractivity contribution in [2.45, 2.75) is 25.7 Å². The summed E-state index contributed by atoms with van der Waals surface area (Å²) in [6.07, 6.45) is 4.83. The molecule has 0 heterocycles. The lowest BCUT2D eigenvalue weighted by molar-refractivity contribution is 0.247. The van der Waals surface area contributed by atoms with E-state index in [1.54, 1.807) is 24.3 Å². The Morgan fingerprint density at radius 3 is 2.75 bits per heavy atom. The maximum Gasteiger partial charge on any atom is 0.319 e. The maximum atomic E-state index is 11.8. The molecule has 0 aliphatic heterocycles. The van der Waals surface area contributed by atoms with Gasteiger partial charge in [0.1, 0.15) is 12.4 Å². The fourth-order valence-electron chi connectivity index (χ4n) is 2.87. The topological polar surface area (TPSA) is 50.4 Å². The molecule has 1 aliphatic rings. The molecule has 0 spiro atoms. The van der Waals surface area contributed by atoms with Crippen LogP contribution in [0.25, 0.3) is 0 Å². The van der Waals surface area contributed by atoms with E-state index in [-0.39, 0.29) is 6.03 Å². The highest BCUT2D eigenvalue weighted by Gasteiger charge is 2.09. The first-order valence-electron chi connectivity index (χ1n) is 8.26. The number of halogens is 1. The number of aryl methyl sites for hydroxylation is 2. The van der Waals surface area contributed by atoms with Crippen LogP contribution in [-0.2, 0) is 12.8 Å². The van der Waals surface area contributed by atoms with E-state index in [9.17, 15) is 4.79 Å². The van der Waals surface area contributed by atoms with Crippen LogP contribution in [0.2, 0.25) is 5.02 Å². The molecule has 0 bridgehead atoms. The smallest absolute Gasteiger partial charge is 0.319 e. The summed E-state index contributed by atoms with van der Waals surface area (Å²) in [7, 11) is 0. The van der Waals surface area contributed by atoms with Crippen molar-refractivity contribution in [2.75, 3.05) is 18.5 Å². The summed E-state index contributed by atoms with van der Waals surface area (Å²) in [6.45, 7) is 0.866. The van der Waals surface area contributed by atoms with E-state index in [1.165, 1.54) is 30.4 Å². The van der Waals surface area contributed by atoms with Gasteiger partial charge in [-0.1, -0.05) is 23.7 Å². The fraction of sp³-hybridized carbons (Fsp3) is 0.316. The third-order valence-electron chi connectivity index (χ3n) is 4.06. The number of rotatable bonds is 5. The summed E-state index contributed by atoms with van der Waals surface area (Å²) < 4.78 is 5.73. The minimum Gasteiger partial charge on any atom is -0.492 e. The van der Waals surface area contributed by atoms with Gasteiger partial charge in [0.05, 0.1) is 6.54 Å². The Morgan fingerprint density at radius 1 is 1.08 bits per heavy atom. The molecule has 2 aromatic carbocycles. The number of benzene rings is 2. The Bertz CT molecular complexity index is 718. The van der Waals surface area contributed by atoms with Gasteiger partial charge in [0.15, 0.2) is 0 Å². The molecule has 0 unspecified atom stereocenters. The van der Waals surface area contributed by atoms with Gasteiger partial charge >= 0.3 is 6.03 Å².